The molecule has 1 atom stereocenters. The van der Waals surface area contributed by atoms with E-state index in [-0.39, 0.29) is 8.07 Å². The summed E-state index contributed by atoms with van der Waals surface area (Å²) in [4.78, 5) is 0. The molecule has 0 bridgehead atoms. The molecule has 0 nitrogen and oxygen atoms in total. The molecule has 0 aromatic carbocycles. The van der Waals surface area contributed by atoms with Crippen molar-refractivity contribution in [3.63, 3.8) is 0 Å². The zero-order chi connectivity index (χ0) is 4.41. The van der Waals surface area contributed by atoms with E-state index < -0.39 is 0 Å². The van der Waals surface area contributed by atoms with Gasteiger partial charge >= 0.3 is 0 Å². The van der Waals surface area contributed by atoms with Gasteiger partial charge in [0.2, 0.25) is 0 Å². The molecule has 1 rings (SSSR count). The maximum atomic E-state index is 3.13. The van der Waals surface area contributed by atoms with Crippen molar-refractivity contribution in [2.45, 2.75) is 0 Å². The Bertz CT molecular complexity index is 83.7. The first-order chi connectivity index (χ1) is 2.89. The van der Waals surface area contributed by atoms with Crippen molar-refractivity contribution in [2.75, 3.05) is 0 Å². The van der Waals surface area contributed by atoms with Gasteiger partial charge in [-0.25, -0.2) is 0 Å². The molecule has 33 valence electrons. The molecule has 0 N–H and O–H groups in total. The molecule has 0 aliphatic carbocycles. The van der Waals surface area contributed by atoms with E-state index in [0.717, 1.165) is 0 Å². The zero-order valence-corrected chi connectivity index (χ0v) is 6.11. The number of rotatable bonds is 0. The number of hydrogen-bond acceptors (Lipinski definition) is 0. The van der Waals surface area contributed by atoms with Gasteiger partial charge < -0.3 is 0 Å². The van der Waals surface area contributed by atoms with Crippen molar-refractivity contribution in [1.82, 2.24) is 0 Å². The van der Waals surface area contributed by atoms with Gasteiger partial charge in [-0.05, 0) is 32.7 Å². The van der Waals surface area contributed by atoms with Crippen LogP contribution in [-0.4, -0.2) is 0 Å². The third-order valence-electron chi connectivity index (χ3n) is 0.511. The molecular weight excluding hydrogens is 207 g/mol. The van der Waals surface area contributed by atoms with E-state index in [1.54, 1.807) is 0 Å². The van der Waals surface area contributed by atoms with E-state index in [1.165, 1.54) is 0 Å². The molecule has 0 aromatic heterocycles. The maximum Gasteiger partial charge on any atom is 0.0125 e. The Morgan fingerprint density at radius 3 is 2.67 bits per heavy atom. The lowest BCUT2D eigenvalue weighted by Gasteiger charge is -1.87. The van der Waals surface area contributed by atoms with Crippen molar-refractivity contribution < 1.29 is 0 Å². The molecule has 1 radical (unpaired) electrons. The van der Waals surface area contributed by atoms with Crippen LogP contribution in [0.4, 0.5) is 0 Å². The van der Waals surface area contributed by atoms with E-state index in [1.807, 2.05) is 12.2 Å². The topological polar surface area (TPSA) is 0 Å². The second kappa shape index (κ2) is 2.02. The van der Waals surface area contributed by atoms with Gasteiger partial charge in [0.25, 0.3) is 0 Å². The molecular formula is C4H4IS. The molecule has 1 unspecified atom stereocenters. The first-order valence-electron chi connectivity index (χ1n) is 1.61. The monoisotopic (exact) mass is 211 g/mol. The van der Waals surface area contributed by atoms with Crippen LogP contribution in [0.1, 0.15) is 0 Å². The molecule has 6 heavy (non-hydrogen) atoms. The second-order valence-corrected chi connectivity index (χ2v) is 5.25. The number of thiol groups is 1. The molecule has 0 fully saturated rings. The second-order valence-electron chi connectivity index (χ2n) is 0.948. The minimum Gasteiger partial charge on any atom is -0.151 e. The smallest absolute Gasteiger partial charge is 0.0125 e. The summed E-state index contributed by atoms with van der Waals surface area (Å²) in [6.45, 7) is 0. The van der Waals surface area contributed by atoms with E-state index >= 15 is 0 Å². The van der Waals surface area contributed by atoms with E-state index in [9.17, 15) is 0 Å². The number of hydrogen-bond donors (Lipinski definition) is 1. The SMILES string of the molecule is I[SH]1[C]=CC=C1. The summed E-state index contributed by atoms with van der Waals surface area (Å²) < 4.78 is 0. The van der Waals surface area contributed by atoms with Gasteiger partial charge in [-0.2, -0.15) is 8.07 Å². The van der Waals surface area contributed by atoms with E-state index in [0.29, 0.717) is 0 Å². The Balaban J connectivity index is 2.60. The fraction of sp³-hybridized carbons (Fsp3) is 0. The fourth-order valence-electron chi connectivity index (χ4n) is 0.276. The minimum atomic E-state index is 0.0189. The Morgan fingerprint density at radius 2 is 2.50 bits per heavy atom. The Labute approximate surface area is 52.2 Å². The van der Waals surface area contributed by atoms with Crippen LogP contribution in [0, 0.1) is 5.41 Å². The third kappa shape index (κ3) is 1.01. The highest BCUT2D eigenvalue weighted by atomic mass is 127. The van der Waals surface area contributed by atoms with Gasteiger partial charge in [-0.15, -0.1) is 0 Å². The standard InChI is InChI=1S/C4H4IS/c5-6-3-1-2-4-6/h1-3,6H. The summed E-state index contributed by atoms with van der Waals surface area (Å²) in [5, 5.41) is 5.30. The highest BCUT2D eigenvalue weighted by Gasteiger charge is 1.87. The summed E-state index contributed by atoms with van der Waals surface area (Å²) >= 11 is 2.37. The average Bonchev–Trinajstić information content (AvgIpc) is 1.86. The Kier molecular flexibility index (Phi) is 1.59. The summed E-state index contributed by atoms with van der Waals surface area (Å²) in [7, 11) is 0.0189. The molecule has 0 amide bonds. The van der Waals surface area contributed by atoms with Gasteiger partial charge in [-0.1, -0.05) is 6.08 Å². The predicted octanol–water partition coefficient (Wildman–Crippen LogP) is 2.18. The van der Waals surface area contributed by atoms with Gasteiger partial charge in [0.15, 0.2) is 0 Å². The van der Waals surface area contributed by atoms with E-state index in [2.05, 4.69) is 32.0 Å². The molecule has 0 spiro atoms. The predicted molar refractivity (Wildman–Crippen MR) is 40.0 cm³/mol. The first-order valence-corrected chi connectivity index (χ1v) is 5.80. The lowest BCUT2D eigenvalue weighted by molar-refractivity contribution is 2.11. The van der Waals surface area contributed by atoms with Crippen LogP contribution in [-0.2, 0) is 0 Å². The molecule has 0 saturated heterocycles. The van der Waals surface area contributed by atoms with Crippen molar-refractivity contribution in [2.24, 2.45) is 0 Å². The lowest BCUT2D eigenvalue weighted by atomic mass is 10.6. The quantitative estimate of drug-likeness (QED) is 0.460. The van der Waals surface area contributed by atoms with Crippen molar-refractivity contribution in [1.29, 1.82) is 0 Å². The van der Waals surface area contributed by atoms with Crippen LogP contribution in [0.5, 0.6) is 0 Å². The summed E-state index contributed by atoms with van der Waals surface area (Å²) in [6.07, 6.45) is 4.01. The van der Waals surface area contributed by atoms with Crippen LogP contribution in [0.15, 0.2) is 17.6 Å². The summed E-state index contributed by atoms with van der Waals surface area (Å²) in [6, 6.07) is 0. The van der Waals surface area contributed by atoms with E-state index in [4.69, 9.17) is 0 Å². The Hall–Kier alpha value is 0.560. The van der Waals surface area contributed by atoms with Gasteiger partial charge in [0.1, 0.15) is 0 Å². The highest BCUT2D eigenvalue weighted by Crippen LogP contribution is 2.39. The summed E-state index contributed by atoms with van der Waals surface area (Å²) in [5.41, 5.74) is 0. The fourth-order valence-corrected chi connectivity index (χ4v) is 1.87. The largest absolute Gasteiger partial charge is 0.151 e. The van der Waals surface area contributed by atoms with Crippen LogP contribution in [0.3, 0.4) is 0 Å². The average molecular weight is 211 g/mol. The first kappa shape index (κ1) is 4.71. The number of halogens is 1. The highest BCUT2D eigenvalue weighted by molar-refractivity contribution is 14.2. The molecule has 0 saturated carbocycles. The molecule has 1 aliphatic heterocycles. The summed E-state index contributed by atoms with van der Waals surface area (Å²) in [5.74, 6) is 0. The lowest BCUT2D eigenvalue weighted by Crippen LogP contribution is -1.36. The molecule has 2 heteroatoms. The van der Waals surface area contributed by atoms with Crippen LogP contribution >= 0.6 is 29.3 Å². The van der Waals surface area contributed by atoms with Crippen LogP contribution in [0.2, 0.25) is 0 Å². The third-order valence-corrected chi connectivity index (χ3v) is 3.14. The van der Waals surface area contributed by atoms with Crippen molar-refractivity contribution in [3.8, 4) is 0 Å². The normalized spacial score (nSPS) is 23.2. The molecule has 1 aliphatic rings. The van der Waals surface area contributed by atoms with Gasteiger partial charge in [0, 0.05) is 5.41 Å². The van der Waals surface area contributed by atoms with Gasteiger partial charge in [-0.3, -0.25) is 0 Å². The molecule has 0 aromatic rings. The van der Waals surface area contributed by atoms with Crippen LogP contribution in [0.25, 0.3) is 0 Å². The minimum absolute atomic E-state index is 0.0189. The Morgan fingerprint density at radius 1 is 1.67 bits per heavy atom. The zero-order valence-electron chi connectivity index (χ0n) is 3.06. The maximum absolute atomic E-state index is 3.13. The molecule has 1 heterocycles. The van der Waals surface area contributed by atoms with Crippen molar-refractivity contribution in [3.05, 3.63) is 23.0 Å². The number of allylic oxidation sites excluding steroid dienone is 2. The van der Waals surface area contributed by atoms with Gasteiger partial charge in [0.05, 0.1) is 0 Å². The van der Waals surface area contributed by atoms with Crippen molar-refractivity contribution >= 4 is 29.3 Å². The van der Waals surface area contributed by atoms with Crippen LogP contribution < -0.4 is 0 Å².